The average Bonchev–Trinajstić information content (AvgIpc) is 2.74. The first kappa shape index (κ1) is 13.7. The number of hydrogen-bond acceptors (Lipinski definition) is 3. The molecule has 2 unspecified atom stereocenters. The van der Waals surface area contributed by atoms with Gasteiger partial charge in [-0.25, -0.2) is 0 Å². The zero-order valence-corrected chi connectivity index (χ0v) is 12.6. The molecule has 1 fully saturated rings. The predicted molar refractivity (Wildman–Crippen MR) is 82.9 cm³/mol. The summed E-state index contributed by atoms with van der Waals surface area (Å²) in [4.78, 5) is 2.42. The van der Waals surface area contributed by atoms with Crippen molar-refractivity contribution in [3.05, 3.63) is 35.6 Å². The Labute approximate surface area is 120 Å². The maximum atomic E-state index is 5.83. The van der Waals surface area contributed by atoms with Gasteiger partial charge >= 0.3 is 0 Å². The number of nitrogens with zero attached hydrogens (tertiary/aromatic N) is 1. The van der Waals surface area contributed by atoms with E-state index in [0.717, 1.165) is 17.9 Å². The van der Waals surface area contributed by atoms with Crippen LogP contribution in [0.25, 0.3) is 11.0 Å². The summed E-state index contributed by atoms with van der Waals surface area (Å²) in [6.07, 6.45) is 1.23. The van der Waals surface area contributed by atoms with Crippen molar-refractivity contribution in [1.82, 2.24) is 10.2 Å². The third kappa shape index (κ3) is 2.60. The van der Waals surface area contributed by atoms with Gasteiger partial charge in [0.05, 0.1) is 0 Å². The number of aryl methyl sites for hydroxylation is 1. The van der Waals surface area contributed by atoms with E-state index in [1.165, 1.54) is 30.5 Å². The minimum atomic E-state index is 0.610. The van der Waals surface area contributed by atoms with Crippen molar-refractivity contribution < 1.29 is 4.42 Å². The number of likely N-dealkylation sites (tertiary alicyclic amines) is 1. The average molecular weight is 272 g/mol. The zero-order valence-electron chi connectivity index (χ0n) is 12.6. The van der Waals surface area contributed by atoms with Gasteiger partial charge in [-0.1, -0.05) is 25.1 Å². The molecule has 0 radical (unpaired) electrons. The quantitative estimate of drug-likeness (QED) is 0.930. The Morgan fingerprint density at radius 2 is 2.15 bits per heavy atom. The fourth-order valence-electron chi connectivity index (χ4n) is 3.33. The van der Waals surface area contributed by atoms with Gasteiger partial charge in [0.25, 0.3) is 0 Å². The van der Waals surface area contributed by atoms with Crippen molar-refractivity contribution >= 4 is 11.0 Å². The van der Waals surface area contributed by atoms with Crippen LogP contribution in [0.3, 0.4) is 0 Å². The number of nitrogens with one attached hydrogen (secondary N) is 1. The highest BCUT2D eigenvalue weighted by molar-refractivity contribution is 5.82. The molecule has 1 N–H and O–H groups in total. The van der Waals surface area contributed by atoms with Crippen LogP contribution >= 0.6 is 0 Å². The van der Waals surface area contributed by atoms with E-state index in [2.05, 4.69) is 43.2 Å². The molecule has 1 saturated heterocycles. The normalized spacial score (nSPS) is 24.4. The fraction of sp³-hybridized carbons (Fsp3) is 0.529. The van der Waals surface area contributed by atoms with E-state index in [1.807, 2.05) is 12.1 Å². The van der Waals surface area contributed by atoms with Crippen LogP contribution in [-0.2, 0) is 6.54 Å². The first-order valence-electron chi connectivity index (χ1n) is 7.54. The third-order valence-electron chi connectivity index (χ3n) is 4.55. The fourth-order valence-corrected chi connectivity index (χ4v) is 3.33. The lowest BCUT2D eigenvalue weighted by Gasteiger charge is -2.35. The van der Waals surface area contributed by atoms with E-state index in [4.69, 9.17) is 4.42 Å². The van der Waals surface area contributed by atoms with E-state index in [1.54, 1.807) is 0 Å². The topological polar surface area (TPSA) is 28.4 Å². The van der Waals surface area contributed by atoms with E-state index in [-0.39, 0.29) is 0 Å². The largest absolute Gasteiger partial charge is 0.461 e. The second-order valence-electron chi connectivity index (χ2n) is 6.15. The zero-order chi connectivity index (χ0) is 14.1. The first-order valence-corrected chi connectivity index (χ1v) is 7.54. The lowest BCUT2D eigenvalue weighted by molar-refractivity contribution is 0.174. The Morgan fingerprint density at radius 1 is 1.35 bits per heavy atom. The second kappa shape index (κ2) is 5.58. The Bertz CT molecular complexity index is 590. The van der Waals surface area contributed by atoms with Crippen LogP contribution in [0.2, 0.25) is 0 Å². The summed E-state index contributed by atoms with van der Waals surface area (Å²) in [5.41, 5.74) is 2.31. The van der Waals surface area contributed by atoms with Gasteiger partial charge in [-0.2, -0.15) is 0 Å². The molecule has 0 bridgehead atoms. The summed E-state index contributed by atoms with van der Waals surface area (Å²) in [6.45, 7) is 7.68. The van der Waals surface area contributed by atoms with Crippen molar-refractivity contribution in [2.75, 3.05) is 20.1 Å². The Hall–Kier alpha value is -1.32. The molecule has 1 aliphatic rings. The molecule has 0 spiro atoms. The highest BCUT2D eigenvalue weighted by Gasteiger charge is 2.24. The van der Waals surface area contributed by atoms with Crippen molar-refractivity contribution in [1.29, 1.82) is 0 Å². The van der Waals surface area contributed by atoms with Gasteiger partial charge in [-0.15, -0.1) is 0 Å². The molecule has 2 heterocycles. The maximum absolute atomic E-state index is 5.83. The van der Waals surface area contributed by atoms with Gasteiger partial charge < -0.3 is 14.6 Å². The highest BCUT2D eigenvalue weighted by Crippen LogP contribution is 2.25. The summed E-state index contributed by atoms with van der Waals surface area (Å²) < 4.78 is 5.83. The molecule has 0 amide bonds. The minimum Gasteiger partial charge on any atom is -0.461 e. The summed E-state index contributed by atoms with van der Waals surface area (Å²) in [5.74, 6) is 1.74. The molecule has 1 aliphatic heterocycles. The molecular formula is C17H24N2O. The van der Waals surface area contributed by atoms with Crippen molar-refractivity contribution in [3.63, 3.8) is 0 Å². The van der Waals surface area contributed by atoms with E-state index in [9.17, 15) is 0 Å². The maximum Gasteiger partial charge on any atom is 0.134 e. The summed E-state index contributed by atoms with van der Waals surface area (Å²) in [5, 5.41) is 4.99. The highest BCUT2D eigenvalue weighted by atomic mass is 16.3. The standard InChI is InChI=1S/C17H24N2O/c1-12-11-19(3)9-8-16(12)18-10-15-13(2)20-17-7-5-4-6-14(15)17/h4-7,12,16,18H,8-11H2,1-3H3. The van der Waals surface area contributed by atoms with Gasteiger partial charge in [-0.3, -0.25) is 0 Å². The van der Waals surface area contributed by atoms with E-state index in [0.29, 0.717) is 12.0 Å². The van der Waals surface area contributed by atoms with Crippen LogP contribution in [0.5, 0.6) is 0 Å². The first-order chi connectivity index (χ1) is 9.65. The molecule has 20 heavy (non-hydrogen) atoms. The SMILES string of the molecule is Cc1oc2ccccc2c1CNC1CCN(C)CC1C. The summed E-state index contributed by atoms with van der Waals surface area (Å²) >= 11 is 0. The second-order valence-corrected chi connectivity index (χ2v) is 6.15. The van der Waals surface area contributed by atoms with E-state index >= 15 is 0 Å². The number of rotatable bonds is 3. The van der Waals surface area contributed by atoms with Gasteiger partial charge in [0.15, 0.2) is 0 Å². The number of benzene rings is 1. The lowest BCUT2D eigenvalue weighted by atomic mass is 9.94. The number of para-hydroxylation sites is 1. The molecule has 0 saturated carbocycles. The van der Waals surface area contributed by atoms with E-state index < -0.39 is 0 Å². The molecule has 108 valence electrons. The predicted octanol–water partition coefficient (Wildman–Crippen LogP) is 3.17. The smallest absolute Gasteiger partial charge is 0.134 e. The van der Waals surface area contributed by atoms with Crippen LogP contribution in [0.15, 0.2) is 28.7 Å². The molecule has 1 aromatic carbocycles. The van der Waals surface area contributed by atoms with Gasteiger partial charge in [0.2, 0.25) is 0 Å². The molecule has 2 atom stereocenters. The molecule has 1 aromatic heterocycles. The molecule has 3 rings (SSSR count). The molecule has 0 aliphatic carbocycles. The van der Waals surface area contributed by atoms with Crippen LogP contribution in [0, 0.1) is 12.8 Å². The molecule has 3 heteroatoms. The van der Waals surface area contributed by atoms with Crippen LogP contribution in [0.1, 0.15) is 24.7 Å². The van der Waals surface area contributed by atoms with Gasteiger partial charge in [-0.05, 0) is 38.9 Å². The van der Waals surface area contributed by atoms with Crippen LogP contribution < -0.4 is 5.32 Å². The Kier molecular flexibility index (Phi) is 3.81. The Morgan fingerprint density at radius 3 is 2.95 bits per heavy atom. The number of hydrogen-bond donors (Lipinski definition) is 1. The van der Waals surface area contributed by atoms with Gasteiger partial charge in [0.1, 0.15) is 11.3 Å². The van der Waals surface area contributed by atoms with Gasteiger partial charge in [0, 0.05) is 30.1 Å². The lowest BCUT2D eigenvalue weighted by Crippen LogP contribution is -2.46. The number of fused-ring (bicyclic) bond motifs is 1. The summed E-state index contributed by atoms with van der Waals surface area (Å²) in [7, 11) is 2.21. The van der Waals surface area contributed by atoms with Crippen molar-refractivity contribution in [2.24, 2.45) is 5.92 Å². The van der Waals surface area contributed by atoms with Crippen molar-refractivity contribution in [2.45, 2.75) is 32.9 Å². The van der Waals surface area contributed by atoms with Crippen LogP contribution in [-0.4, -0.2) is 31.1 Å². The third-order valence-corrected chi connectivity index (χ3v) is 4.55. The monoisotopic (exact) mass is 272 g/mol. The molecule has 3 nitrogen and oxygen atoms in total. The molecule has 2 aromatic rings. The summed E-state index contributed by atoms with van der Waals surface area (Å²) in [6, 6.07) is 8.92. The number of piperidine rings is 1. The molecular weight excluding hydrogens is 248 g/mol. The Balaban J connectivity index is 1.72. The van der Waals surface area contributed by atoms with Crippen LogP contribution in [0.4, 0.5) is 0 Å². The minimum absolute atomic E-state index is 0.610. The number of furan rings is 1. The van der Waals surface area contributed by atoms with Crippen molar-refractivity contribution in [3.8, 4) is 0 Å².